The van der Waals surface area contributed by atoms with E-state index in [1.165, 1.54) is 28.0 Å². The molecule has 5 heteroatoms. The second kappa shape index (κ2) is 7.94. The number of benzene rings is 2. The van der Waals surface area contributed by atoms with Crippen LogP contribution in [0.15, 0.2) is 53.9 Å². The molecule has 25 heavy (non-hydrogen) atoms. The third kappa shape index (κ3) is 4.67. The van der Waals surface area contributed by atoms with E-state index in [1.807, 2.05) is 23.6 Å². The van der Waals surface area contributed by atoms with Crippen molar-refractivity contribution >= 4 is 22.5 Å². The normalized spacial score (nSPS) is 10.5. The number of hydrogen-bond donors (Lipinski definition) is 2. The summed E-state index contributed by atoms with van der Waals surface area (Å²) in [7, 11) is 0. The molecule has 3 rings (SSSR count). The summed E-state index contributed by atoms with van der Waals surface area (Å²) in [5.74, 6) is 0. The Kier molecular flexibility index (Phi) is 5.46. The summed E-state index contributed by atoms with van der Waals surface area (Å²) < 4.78 is 0. The summed E-state index contributed by atoms with van der Waals surface area (Å²) in [4.78, 5) is 16.5. The van der Waals surface area contributed by atoms with Crippen molar-refractivity contribution in [3.8, 4) is 11.3 Å². The third-order valence-corrected chi connectivity index (χ3v) is 4.69. The number of carbonyl (C=O) groups is 1. The Labute approximate surface area is 151 Å². The van der Waals surface area contributed by atoms with Gasteiger partial charge in [0.05, 0.1) is 5.69 Å². The Morgan fingerprint density at radius 3 is 2.72 bits per heavy atom. The molecule has 0 radical (unpaired) electrons. The van der Waals surface area contributed by atoms with Crippen molar-refractivity contribution in [3.63, 3.8) is 0 Å². The largest absolute Gasteiger partial charge is 0.337 e. The van der Waals surface area contributed by atoms with Gasteiger partial charge in [0.2, 0.25) is 0 Å². The van der Waals surface area contributed by atoms with Gasteiger partial charge in [-0.1, -0.05) is 48.0 Å². The maximum absolute atomic E-state index is 12.0. The number of aryl methyl sites for hydroxylation is 2. The van der Waals surface area contributed by atoms with Gasteiger partial charge in [-0.15, -0.1) is 11.3 Å². The Balaban J connectivity index is 1.56. The molecule has 0 saturated carbocycles. The number of rotatable bonds is 5. The molecular formula is C20H21N3OS. The van der Waals surface area contributed by atoms with Crippen LogP contribution in [-0.4, -0.2) is 17.6 Å². The van der Waals surface area contributed by atoms with Crippen LogP contribution in [0.2, 0.25) is 0 Å². The lowest BCUT2D eigenvalue weighted by atomic mass is 10.0. The number of aromatic nitrogens is 1. The van der Waals surface area contributed by atoms with Gasteiger partial charge in [0.15, 0.2) is 5.13 Å². The molecule has 1 heterocycles. The van der Waals surface area contributed by atoms with Gasteiger partial charge in [-0.05, 0) is 37.5 Å². The molecule has 3 aromatic rings. The van der Waals surface area contributed by atoms with Gasteiger partial charge in [0.25, 0.3) is 0 Å². The summed E-state index contributed by atoms with van der Waals surface area (Å²) in [6, 6.07) is 16.2. The number of anilines is 1. The minimum atomic E-state index is -0.224. The van der Waals surface area contributed by atoms with Gasteiger partial charge < -0.3 is 5.32 Å². The zero-order valence-corrected chi connectivity index (χ0v) is 15.2. The molecule has 2 N–H and O–H groups in total. The first-order valence-corrected chi connectivity index (χ1v) is 9.12. The zero-order chi connectivity index (χ0) is 17.6. The first-order chi connectivity index (χ1) is 12.1. The highest BCUT2D eigenvalue weighted by Gasteiger charge is 2.09. The molecule has 0 fully saturated rings. The van der Waals surface area contributed by atoms with Crippen molar-refractivity contribution in [1.29, 1.82) is 0 Å². The predicted octanol–water partition coefficient (Wildman–Crippen LogP) is 4.79. The number of urea groups is 1. The van der Waals surface area contributed by atoms with Crippen LogP contribution in [0.5, 0.6) is 0 Å². The maximum Gasteiger partial charge on any atom is 0.321 e. The Morgan fingerprint density at radius 2 is 1.92 bits per heavy atom. The Morgan fingerprint density at radius 1 is 1.12 bits per heavy atom. The molecule has 0 spiro atoms. The second-order valence-corrected chi connectivity index (χ2v) is 6.83. The smallest absolute Gasteiger partial charge is 0.321 e. The summed E-state index contributed by atoms with van der Waals surface area (Å²) in [6.45, 7) is 4.72. The molecule has 0 atom stereocenters. The van der Waals surface area contributed by atoms with E-state index >= 15 is 0 Å². The number of nitrogens with one attached hydrogen (secondary N) is 2. The van der Waals surface area contributed by atoms with E-state index in [2.05, 4.69) is 59.8 Å². The summed E-state index contributed by atoms with van der Waals surface area (Å²) in [6.07, 6.45) is 0.805. The van der Waals surface area contributed by atoms with Crippen LogP contribution in [0.4, 0.5) is 9.93 Å². The van der Waals surface area contributed by atoms with Gasteiger partial charge in [0, 0.05) is 17.5 Å². The molecule has 0 aliphatic heterocycles. The van der Waals surface area contributed by atoms with Crippen LogP contribution in [0.1, 0.15) is 16.7 Å². The number of hydrogen-bond acceptors (Lipinski definition) is 3. The lowest BCUT2D eigenvalue weighted by molar-refractivity contribution is 0.252. The van der Waals surface area contributed by atoms with Crippen LogP contribution in [-0.2, 0) is 6.42 Å². The predicted molar refractivity (Wildman–Crippen MR) is 104 cm³/mol. The van der Waals surface area contributed by atoms with Crippen molar-refractivity contribution in [1.82, 2.24) is 10.3 Å². The standard InChI is InChI=1S/C20H21N3OS/c1-14-8-9-15(2)17(12-14)18-13-25-20(22-18)23-19(24)21-11-10-16-6-4-3-5-7-16/h3-9,12-13H,10-11H2,1-2H3,(H2,21,22,23,24). The SMILES string of the molecule is Cc1ccc(C)c(-c2csc(NC(=O)NCCc3ccccc3)n2)c1. The van der Waals surface area contributed by atoms with E-state index in [0.29, 0.717) is 11.7 Å². The molecule has 0 aliphatic carbocycles. The first-order valence-electron chi connectivity index (χ1n) is 8.24. The fraction of sp³-hybridized carbons (Fsp3) is 0.200. The van der Waals surface area contributed by atoms with Crippen molar-refractivity contribution in [2.75, 3.05) is 11.9 Å². The number of carbonyl (C=O) groups excluding carboxylic acids is 1. The Bertz CT molecular complexity index is 858. The van der Waals surface area contributed by atoms with Crippen LogP contribution in [0, 0.1) is 13.8 Å². The minimum Gasteiger partial charge on any atom is -0.337 e. The van der Waals surface area contributed by atoms with Crippen LogP contribution in [0.25, 0.3) is 11.3 Å². The van der Waals surface area contributed by atoms with Crippen molar-refractivity contribution in [2.24, 2.45) is 0 Å². The zero-order valence-electron chi connectivity index (χ0n) is 14.4. The Hall–Kier alpha value is -2.66. The minimum absolute atomic E-state index is 0.224. The van der Waals surface area contributed by atoms with Gasteiger partial charge in [-0.3, -0.25) is 5.32 Å². The molecule has 0 saturated heterocycles. The fourth-order valence-corrected chi connectivity index (χ4v) is 3.28. The molecule has 0 aliphatic rings. The average Bonchev–Trinajstić information content (AvgIpc) is 3.06. The second-order valence-electron chi connectivity index (χ2n) is 5.97. The third-order valence-electron chi connectivity index (χ3n) is 3.94. The van der Waals surface area contributed by atoms with E-state index in [1.54, 1.807) is 0 Å². The fourth-order valence-electron chi connectivity index (χ4n) is 2.57. The van der Waals surface area contributed by atoms with Gasteiger partial charge >= 0.3 is 6.03 Å². The van der Waals surface area contributed by atoms with E-state index in [0.717, 1.165) is 17.7 Å². The van der Waals surface area contributed by atoms with Crippen molar-refractivity contribution in [3.05, 3.63) is 70.6 Å². The van der Waals surface area contributed by atoms with Crippen LogP contribution >= 0.6 is 11.3 Å². The molecular weight excluding hydrogens is 330 g/mol. The lowest BCUT2D eigenvalue weighted by Gasteiger charge is -2.06. The summed E-state index contributed by atoms with van der Waals surface area (Å²) in [5.41, 5.74) is 5.57. The highest BCUT2D eigenvalue weighted by atomic mass is 32.1. The molecule has 2 aromatic carbocycles. The molecule has 4 nitrogen and oxygen atoms in total. The summed E-state index contributed by atoms with van der Waals surface area (Å²) in [5, 5.41) is 8.25. The monoisotopic (exact) mass is 351 g/mol. The van der Waals surface area contributed by atoms with Crippen LogP contribution < -0.4 is 10.6 Å². The van der Waals surface area contributed by atoms with Gasteiger partial charge in [0.1, 0.15) is 0 Å². The van der Waals surface area contributed by atoms with E-state index in [9.17, 15) is 4.79 Å². The van der Waals surface area contributed by atoms with Gasteiger partial charge in [-0.2, -0.15) is 0 Å². The highest BCUT2D eigenvalue weighted by molar-refractivity contribution is 7.14. The molecule has 0 unspecified atom stereocenters. The maximum atomic E-state index is 12.0. The van der Waals surface area contributed by atoms with Crippen molar-refractivity contribution < 1.29 is 4.79 Å². The average molecular weight is 351 g/mol. The van der Waals surface area contributed by atoms with E-state index < -0.39 is 0 Å². The topological polar surface area (TPSA) is 54.0 Å². The molecule has 0 bridgehead atoms. The number of amides is 2. The highest BCUT2D eigenvalue weighted by Crippen LogP contribution is 2.28. The summed E-state index contributed by atoms with van der Waals surface area (Å²) >= 11 is 1.43. The molecule has 128 valence electrons. The van der Waals surface area contributed by atoms with Crippen LogP contribution in [0.3, 0.4) is 0 Å². The molecule has 1 aromatic heterocycles. The van der Waals surface area contributed by atoms with E-state index in [4.69, 9.17) is 0 Å². The van der Waals surface area contributed by atoms with E-state index in [-0.39, 0.29) is 6.03 Å². The molecule has 2 amide bonds. The van der Waals surface area contributed by atoms with Gasteiger partial charge in [-0.25, -0.2) is 9.78 Å². The number of nitrogens with zero attached hydrogens (tertiary/aromatic N) is 1. The lowest BCUT2D eigenvalue weighted by Crippen LogP contribution is -2.30. The quantitative estimate of drug-likeness (QED) is 0.694. The van der Waals surface area contributed by atoms with Crippen molar-refractivity contribution in [2.45, 2.75) is 20.3 Å². The first kappa shape index (κ1) is 17.2. The number of thiazole rings is 1.